The molecule has 0 aliphatic heterocycles. The molecular weight excluding hydrogens is 364 g/mol. The number of benzene rings is 1. The quantitative estimate of drug-likeness (QED) is 0.463. The Labute approximate surface area is 160 Å². The number of rotatable bonds is 5. The fraction of sp³-hybridized carbons (Fsp3) is 0.278. The fourth-order valence-electron chi connectivity index (χ4n) is 2.89. The molecule has 0 saturated heterocycles. The van der Waals surface area contributed by atoms with E-state index in [1.54, 1.807) is 6.07 Å². The van der Waals surface area contributed by atoms with Gasteiger partial charge in [0.15, 0.2) is 4.77 Å². The van der Waals surface area contributed by atoms with Crippen LogP contribution >= 0.6 is 12.2 Å². The Balaban J connectivity index is 1.33. The number of aromatic nitrogens is 4. The Hall–Kier alpha value is -3.07. The molecule has 0 unspecified atom stereocenters. The molecule has 1 aliphatic rings. The Morgan fingerprint density at radius 2 is 2.07 bits per heavy atom. The van der Waals surface area contributed by atoms with Crippen LogP contribution in [0.4, 0.5) is 5.69 Å². The van der Waals surface area contributed by atoms with Gasteiger partial charge >= 0.3 is 11.8 Å². The predicted molar refractivity (Wildman–Crippen MR) is 103 cm³/mol. The summed E-state index contributed by atoms with van der Waals surface area (Å²) in [7, 11) is 0. The number of para-hydroxylation sites is 1. The van der Waals surface area contributed by atoms with Gasteiger partial charge < -0.3 is 15.2 Å². The first-order chi connectivity index (χ1) is 13.1. The number of amides is 2. The van der Waals surface area contributed by atoms with E-state index >= 15 is 0 Å². The molecule has 1 fully saturated rings. The van der Waals surface area contributed by atoms with Gasteiger partial charge in [0.2, 0.25) is 0 Å². The van der Waals surface area contributed by atoms with Crippen molar-refractivity contribution in [2.24, 2.45) is 0 Å². The summed E-state index contributed by atoms with van der Waals surface area (Å²) in [4.78, 5) is 28.4. The highest BCUT2D eigenvalue weighted by molar-refractivity contribution is 7.71. The highest BCUT2D eigenvalue weighted by Crippen LogP contribution is 2.38. The molecule has 138 valence electrons. The third-order valence-corrected chi connectivity index (χ3v) is 4.72. The summed E-state index contributed by atoms with van der Waals surface area (Å²) >= 11 is 5.22. The van der Waals surface area contributed by atoms with Crippen molar-refractivity contribution in [1.29, 1.82) is 0 Å². The van der Waals surface area contributed by atoms with E-state index in [-0.39, 0.29) is 6.54 Å². The summed E-state index contributed by atoms with van der Waals surface area (Å²) in [5.41, 5.74) is 1.30. The highest BCUT2D eigenvalue weighted by Gasteiger charge is 2.28. The zero-order chi connectivity index (χ0) is 18.8. The van der Waals surface area contributed by atoms with Crippen LogP contribution in [0.15, 0.2) is 36.5 Å². The number of pyridine rings is 1. The van der Waals surface area contributed by atoms with Crippen molar-refractivity contribution in [3.63, 3.8) is 0 Å². The van der Waals surface area contributed by atoms with E-state index in [1.807, 2.05) is 28.8 Å². The lowest BCUT2D eigenvalue weighted by molar-refractivity contribution is -0.136. The molecule has 0 radical (unpaired) electrons. The highest BCUT2D eigenvalue weighted by atomic mass is 32.1. The van der Waals surface area contributed by atoms with Crippen molar-refractivity contribution in [2.75, 3.05) is 11.9 Å². The normalized spacial score (nSPS) is 13.5. The van der Waals surface area contributed by atoms with Crippen molar-refractivity contribution in [3.05, 3.63) is 47.1 Å². The van der Waals surface area contributed by atoms with E-state index in [0.717, 1.165) is 29.6 Å². The van der Waals surface area contributed by atoms with E-state index in [0.29, 0.717) is 22.9 Å². The van der Waals surface area contributed by atoms with E-state index in [9.17, 15) is 9.59 Å². The van der Waals surface area contributed by atoms with E-state index < -0.39 is 11.8 Å². The number of H-pyrrole nitrogens is 1. The molecule has 3 N–H and O–H groups in total. The SMILES string of the molecule is O=C(NCCn1c(C2CC2)n[nH]c1=S)C(=O)Nc1cnc2ccccc2c1. The maximum atomic E-state index is 12.1. The summed E-state index contributed by atoms with van der Waals surface area (Å²) in [6.07, 6.45) is 3.74. The van der Waals surface area contributed by atoms with Crippen LogP contribution in [-0.4, -0.2) is 38.1 Å². The molecule has 1 aliphatic carbocycles. The Bertz CT molecular complexity index is 1070. The fourth-order valence-corrected chi connectivity index (χ4v) is 3.12. The molecule has 0 bridgehead atoms. The lowest BCUT2D eigenvalue weighted by atomic mass is 10.2. The molecule has 0 atom stereocenters. The summed E-state index contributed by atoms with van der Waals surface area (Å²) in [5.74, 6) is -0.0743. The van der Waals surface area contributed by atoms with Crippen LogP contribution in [0.3, 0.4) is 0 Å². The number of carbonyl (C=O) groups excluding carboxylic acids is 2. The number of aromatic amines is 1. The van der Waals surface area contributed by atoms with Gasteiger partial charge in [-0.1, -0.05) is 18.2 Å². The zero-order valence-corrected chi connectivity index (χ0v) is 15.3. The van der Waals surface area contributed by atoms with Crippen molar-refractivity contribution in [3.8, 4) is 0 Å². The van der Waals surface area contributed by atoms with Gasteiger partial charge in [0, 0.05) is 24.4 Å². The van der Waals surface area contributed by atoms with Gasteiger partial charge in [0.05, 0.1) is 17.4 Å². The van der Waals surface area contributed by atoms with Gasteiger partial charge in [-0.3, -0.25) is 19.7 Å². The second kappa shape index (κ2) is 7.28. The van der Waals surface area contributed by atoms with Crippen molar-refractivity contribution < 1.29 is 9.59 Å². The van der Waals surface area contributed by atoms with Crippen molar-refractivity contribution >= 4 is 40.6 Å². The number of nitrogens with one attached hydrogen (secondary N) is 3. The van der Waals surface area contributed by atoms with Crippen molar-refractivity contribution in [2.45, 2.75) is 25.3 Å². The zero-order valence-electron chi connectivity index (χ0n) is 14.4. The first-order valence-electron chi connectivity index (χ1n) is 8.71. The monoisotopic (exact) mass is 382 g/mol. The first kappa shape index (κ1) is 17.3. The second-order valence-corrected chi connectivity index (χ2v) is 6.83. The molecule has 1 aromatic carbocycles. The number of fused-ring (bicyclic) bond motifs is 1. The predicted octanol–water partition coefficient (Wildman–Crippen LogP) is 2.12. The maximum Gasteiger partial charge on any atom is 0.313 e. The summed E-state index contributed by atoms with van der Waals surface area (Å²) in [6.45, 7) is 0.757. The molecule has 27 heavy (non-hydrogen) atoms. The van der Waals surface area contributed by atoms with Crippen LogP contribution < -0.4 is 10.6 Å². The van der Waals surface area contributed by atoms with Gasteiger partial charge in [-0.05, 0) is 37.2 Å². The second-order valence-electron chi connectivity index (χ2n) is 6.44. The van der Waals surface area contributed by atoms with Gasteiger partial charge in [-0.25, -0.2) is 0 Å². The van der Waals surface area contributed by atoms with E-state index in [4.69, 9.17) is 12.2 Å². The molecule has 4 rings (SSSR count). The summed E-state index contributed by atoms with van der Waals surface area (Å²) < 4.78 is 2.40. The lowest BCUT2D eigenvalue weighted by Gasteiger charge is -2.09. The van der Waals surface area contributed by atoms with Crippen LogP contribution in [0, 0.1) is 4.77 Å². The number of carbonyl (C=O) groups is 2. The molecule has 0 spiro atoms. The van der Waals surface area contributed by atoms with Crippen LogP contribution in [0.2, 0.25) is 0 Å². The average molecular weight is 382 g/mol. The average Bonchev–Trinajstić information content (AvgIpc) is 3.45. The third kappa shape index (κ3) is 3.87. The number of nitrogens with zero attached hydrogens (tertiary/aromatic N) is 3. The van der Waals surface area contributed by atoms with Crippen LogP contribution in [0.25, 0.3) is 10.9 Å². The van der Waals surface area contributed by atoms with Gasteiger partial charge in [-0.2, -0.15) is 5.10 Å². The Morgan fingerprint density at radius 1 is 1.26 bits per heavy atom. The van der Waals surface area contributed by atoms with Crippen LogP contribution in [-0.2, 0) is 16.1 Å². The third-order valence-electron chi connectivity index (χ3n) is 4.41. The van der Waals surface area contributed by atoms with Gasteiger partial charge in [0.1, 0.15) is 5.82 Å². The maximum absolute atomic E-state index is 12.1. The Kier molecular flexibility index (Phi) is 4.68. The Morgan fingerprint density at radius 3 is 2.89 bits per heavy atom. The largest absolute Gasteiger partial charge is 0.346 e. The van der Waals surface area contributed by atoms with E-state index in [2.05, 4.69) is 25.8 Å². The molecule has 9 heteroatoms. The topological polar surface area (TPSA) is 105 Å². The van der Waals surface area contributed by atoms with Crippen LogP contribution in [0.5, 0.6) is 0 Å². The first-order valence-corrected chi connectivity index (χ1v) is 9.12. The standard InChI is InChI=1S/C18H18N6O2S/c25-16(19-7-8-24-15(11-5-6-11)22-23-18(24)27)17(26)21-13-9-12-3-1-2-4-14(12)20-10-13/h1-4,9-11H,5-8H2,(H,19,25)(H,21,26)(H,23,27). The van der Waals surface area contributed by atoms with Crippen molar-refractivity contribution in [1.82, 2.24) is 25.1 Å². The van der Waals surface area contributed by atoms with E-state index in [1.165, 1.54) is 6.20 Å². The lowest BCUT2D eigenvalue weighted by Crippen LogP contribution is -2.37. The molecule has 3 aromatic rings. The molecule has 2 amide bonds. The number of hydrogen-bond donors (Lipinski definition) is 3. The number of hydrogen-bond acceptors (Lipinski definition) is 5. The number of anilines is 1. The minimum absolute atomic E-state index is 0.287. The smallest absolute Gasteiger partial charge is 0.313 e. The van der Waals surface area contributed by atoms with Gasteiger partial charge in [0.25, 0.3) is 0 Å². The molecule has 2 aromatic heterocycles. The molecule has 1 saturated carbocycles. The minimum Gasteiger partial charge on any atom is -0.346 e. The van der Waals surface area contributed by atoms with Crippen LogP contribution in [0.1, 0.15) is 24.6 Å². The molecule has 2 heterocycles. The summed E-state index contributed by atoms with van der Waals surface area (Å²) in [6, 6.07) is 9.33. The molecular formula is C18H18N6O2S. The minimum atomic E-state index is -0.731. The van der Waals surface area contributed by atoms with Gasteiger partial charge in [-0.15, -0.1) is 0 Å². The molecule has 8 nitrogen and oxygen atoms in total. The summed E-state index contributed by atoms with van der Waals surface area (Å²) in [5, 5.41) is 13.1.